The first-order chi connectivity index (χ1) is 9.74. The van der Waals surface area contributed by atoms with Crippen LogP contribution in [0.5, 0.6) is 11.6 Å². The van der Waals surface area contributed by atoms with Gasteiger partial charge in [0.15, 0.2) is 0 Å². The normalized spacial score (nSPS) is 13.6. The Morgan fingerprint density at radius 1 is 1.30 bits per heavy atom. The molecule has 0 unspecified atom stereocenters. The van der Waals surface area contributed by atoms with Crippen LogP contribution < -0.4 is 4.74 Å². The van der Waals surface area contributed by atoms with Crippen molar-refractivity contribution in [2.24, 2.45) is 0 Å². The maximum Gasteiger partial charge on any atom is 0.341 e. The first kappa shape index (κ1) is 12.6. The van der Waals surface area contributed by atoms with E-state index in [4.69, 9.17) is 4.74 Å². The van der Waals surface area contributed by atoms with Crippen LogP contribution in [0.2, 0.25) is 0 Å². The number of aromatic nitrogens is 2. The lowest BCUT2D eigenvalue weighted by molar-refractivity contribution is 0.0693. The minimum Gasteiger partial charge on any atom is -0.477 e. The molecule has 0 saturated carbocycles. The fourth-order valence-electron chi connectivity index (χ4n) is 2.36. The van der Waals surface area contributed by atoms with E-state index < -0.39 is 5.97 Å². The zero-order valence-electron chi connectivity index (χ0n) is 10.9. The van der Waals surface area contributed by atoms with Gasteiger partial charge in [-0.05, 0) is 49.4 Å². The van der Waals surface area contributed by atoms with Crippen LogP contribution in [0.15, 0.2) is 30.6 Å². The Balaban J connectivity index is 2.02. The first-order valence-corrected chi connectivity index (χ1v) is 6.58. The summed E-state index contributed by atoms with van der Waals surface area (Å²) < 4.78 is 5.58. The molecule has 2 aromatic heterocycles. The number of aryl methyl sites for hydroxylation is 2. The molecule has 2 aromatic rings. The maximum atomic E-state index is 11.4. The summed E-state index contributed by atoms with van der Waals surface area (Å²) in [6.45, 7) is 0. The highest BCUT2D eigenvalue weighted by Gasteiger charge is 2.20. The van der Waals surface area contributed by atoms with Gasteiger partial charge in [0.05, 0.1) is 6.20 Å². The SMILES string of the molecule is O=C(O)c1cc2c(nc1Oc1cccnc1)CCCC2. The molecular weight excluding hydrogens is 256 g/mol. The molecule has 2 heterocycles. The van der Waals surface area contributed by atoms with Gasteiger partial charge in [0.2, 0.25) is 5.88 Å². The molecule has 1 aliphatic carbocycles. The van der Waals surface area contributed by atoms with E-state index in [1.807, 2.05) is 0 Å². The minimum absolute atomic E-state index is 0.106. The van der Waals surface area contributed by atoms with Crippen molar-refractivity contribution in [1.29, 1.82) is 0 Å². The van der Waals surface area contributed by atoms with E-state index in [-0.39, 0.29) is 11.4 Å². The highest BCUT2D eigenvalue weighted by molar-refractivity contribution is 5.90. The van der Waals surface area contributed by atoms with E-state index in [1.54, 1.807) is 24.4 Å². The Bertz CT molecular complexity index is 641. The van der Waals surface area contributed by atoms with Gasteiger partial charge in [0.25, 0.3) is 0 Å². The zero-order valence-corrected chi connectivity index (χ0v) is 10.9. The fourth-order valence-corrected chi connectivity index (χ4v) is 2.36. The van der Waals surface area contributed by atoms with Crippen molar-refractivity contribution >= 4 is 5.97 Å². The Hall–Kier alpha value is -2.43. The number of carboxylic acids is 1. The summed E-state index contributed by atoms with van der Waals surface area (Å²) in [5, 5.41) is 9.31. The van der Waals surface area contributed by atoms with Gasteiger partial charge in [-0.25, -0.2) is 9.78 Å². The monoisotopic (exact) mass is 270 g/mol. The molecule has 1 aliphatic rings. The second-order valence-electron chi connectivity index (χ2n) is 4.75. The molecule has 5 nitrogen and oxygen atoms in total. The molecule has 0 aromatic carbocycles. The van der Waals surface area contributed by atoms with E-state index in [9.17, 15) is 9.90 Å². The molecule has 0 amide bonds. The number of ether oxygens (including phenoxy) is 1. The van der Waals surface area contributed by atoms with Gasteiger partial charge in [0.1, 0.15) is 11.3 Å². The summed E-state index contributed by atoms with van der Waals surface area (Å²) >= 11 is 0. The van der Waals surface area contributed by atoms with Crippen molar-refractivity contribution in [3.05, 3.63) is 47.4 Å². The van der Waals surface area contributed by atoms with Gasteiger partial charge >= 0.3 is 5.97 Å². The van der Waals surface area contributed by atoms with Crippen LogP contribution in [0.1, 0.15) is 34.5 Å². The van der Waals surface area contributed by atoms with Gasteiger partial charge in [-0.3, -0.25) is 4.98 Å². The lowest BCUT2D eigenvalue weighted by Gasteiger charge is -2.17. The summed E-state index contributed by atoms with van der Waals surface area (Å²) in [6, 6.07) is 5.14. The number of rotatable bonds is 3. The third kappa shape index (κ3) is 2.47. The van der Waals surface area contributed by atoms with Crippen LogP contribution in [0, 0.1) is 0 Å². The summed E-state index contributed by atoms with van der Waals surface area (Å²) in [7, 11) is 0. The van der Waals surface area contributed by atoms with Crippen LogP contribution in [0.3, 0.4) is 0 Å². The number of carbonyl (C=O) groups is 1. The topological polar surface area (TPSA) is 72.3 Å². The van der Waals surface area contributed by atoms with Gasteiger partial charge < -0.3 is 9.84 Å². The molecule has 5 heteroatoms. The number of pyridine rings is 2. The largest absolute Gasteiger partial charge is 0.477 e. The Labute approximate surface area is 116 Å². The predicted molar refractivity (Wildman–Crippen MR) is 72.1 cm³/mol. The van der Waals surface area contributed by atoms with Crippen LogP contribution in [0.25, 0.3) is 0 Å². The summed E-state index contributed by atoms with van der Waals surface area (Å²) in [5.41, 5.74) is 2.07. The van der Waals surface area contributed by atoms with Gasteiger partial charge in [0, 0.05) is 11.9 Å². The van der Waals surface area contributed by atoms with Crippen molar-refractivity contribution in [2.45, 2.75) is 25.7 Å². The molecule has 0 saturated heterocycles. The van der Waals surface area contributed by atoms with E-state index in [1.165, 1.54) is 6.20 Å². The number of hydrogen-bond donors (Lipinski definition) is 1. The number of fused-ring (bicyclic) bond motifs is 1. The molecule has 0 bridgehead atoms. The third-order valence-electron chi connectivity index (χ3n) is 3.35. The number of hydrogen-bond acceptors (Lipinski definition) is 4. The van der Waals surface area contributed by atoms with Crippen LogP contribution in [-0.4, -0.2) is 21.0 Å². The molecule has 0 spiro atoms. The average molecular weight is 270 g/mol. The van der Waals surface area contributed by atoms with Crippen molar-refractivity contribution in [1.82, 2.24) is 9.97 Å². The first-order valence-electron chi connectivity index (χ1n) is 6.58. The standard InChI is InChI=1S/C15H14N2O3/c18-15(19)12-8-10-4-1-2-6-13(10)17-14(12)20-11-5-3-7-16-9-11/h3,5,7-9H,1-2,4,6H2,(H,18,19). The highest BCUT2D eigenvalue weighted by atomic mass is 16.5. The number of aromatic carboxylic acids is 1. The average Bonchev–Trinajstić information content (AvgIpc) is 2.47. The minimum atomic E-state index is -1.02. The number of carboxylic acid groups (broad SMARTS) is 1. The van der Waals surface area contributed by atoms with Crippen molar-refractivity contribution in [2.75, 3.05) is 0 Å². The van der Waals surface area contributed by atoms with E-state index in [0.29, 0.717) is 5.75 Å². The molecule has 0 atom stereocenters. The molecule has 0 aliphatic heterocycles. The quantitative estimate of drug-likeness (QED) is 0.928. The molecule has 3 rings (SSSR count). The Morgan fingerprint density at radius 3 is 2.90 bits per heavy atom. The molecular formula is C15H14N2O3. The molecule has 102 valence electrons. The lowest BCUT2D eigenvalue weighted by Crippen LogP contribution is -2.11. The van der Waals surface area contributed by atoms with E-state index in [2.05, 4.69) is 9.97 Å². The van der Waals surface area contributed by atoms with Gasteiger partial charge in [-0.15, -0.1) is 0 Å². The van der Waals surface area contributed by atoms with E-state index >= 15 is 0 Å². The van der Waals surface area contributed by atoms with Crippen molar-refractivity contribution in [3.63, 3.8) is 0 Å². The predicted octanol–water partition coefficient (Wildman–Crippen LogP) is 2.85. The molecule has 0 fully saturated rings. The summed E-state index contributed by atoms with van der Waals surface area (Å²) in [6.07, 6.45) is 7.09. The molecule has 20 heavy (non-hydrogen) atoms. The zero-order chi connectivity index (χ0) is 13.9. The van der Waals surface area contributed by atoms with Crippen molar-refractivity contribution < 1.29 is 14.6 Å². The van der Waals surface area contributed by atoms with E-state index in [0.717, 1.165) is 36.9 Å². The third-order valence-corrected chi connectivity index (χ3v) is 3.35. The second-order valence-corrected chi connectivity index (χ2v) is 4.75. The highest BCUT2D eigenvalue weighted by Crippen LogP contribution is 2.28. The maximum absolute atomic E-state index is 11.4. The lowest BCUT2D eigenvalue weighted by atomic mass is 9.95. The van der Waals surface area contributed by atoms with Crippen LogP contribution in [-0.2, 0) is 12.8 Å². The summed E-state index contributed by atoms with van der Waals surface area (Å²) in [4.78, 5) is 19.7. The smallest absolute Gasteiger partial charge is 0.341 e. The van der Waals surface area contributed by atoms with Crippen molar-refractivity contribution in [3.8, 4) is 11.6 Å². The Kier molecular flexibility index (Phi) is 3.33. The second kappa shape index (κ2) is 5.28. The molecule has 0 radical (unpaired) electrons. The van der Waals surface area contributed by atoms with Crippen LogP contribution >= 0.6 is 0 Å². The van der Waals surface area contributed by atoms with Crippen LogP contribution in [0.4, 0.5) is 0 Å². The van der Waals surface area contributed by atoms with Gasteiger partial charge in [-0.1, -0.05) is 0 Å². The van der Waals surface area contributed by atoms with Gasteiger partial charge in [-0.2, -0.15) is 0 Å². The Morgan fingerprint density at radius 2 is 2.15 bits per heavy atom. The fraction of sp³-hybridized carbons (Fsp3) is 0.267. The molecule has 1 N–H and O–H groups in total. The summed E-state index contributed by atoms with van der Waals surface area (Å²) in [5.74, 6) is -0.394. The number of nitrogens with zero attached hydrogens (tertiary/aromatic N) is 2.